The lowest BCUT2D eigenvalue weighted by atomic mass is 9.65. The molecule has 1 spiro atoms. The molecule has 3 heterocycles. The number of fused-ring (bicyclic) bond motifs is 1. The Morgan fingerprint density at radius 3 is 2.68 bits per heavy atom. The highest BCUT2D eigenvalue weighted by Crippen LogP contribution is 2.51. The van der Waals surface area contributed by atoms with Crippen LogP contribution in [0.5, 0.6) is 0 Å². The third-order valence-electron chi connectivity index (χ3n) is 9.19. The Balaban J connectivity index is 1.34. The van der Waals surface area contributed by atoms with Gasteiger partial charge in [0.1, 0.15) is 0 Å². The summed E-state index contributed by atoms with van der Waals surface area (Å²) in [5, 5.41) is 13.5. The average Bonchev–Trinajstić information content (AvgIpc) is 3.33. The fraction of sp³-hybridized carbons (Fsp3) is 0.679. The monoisotopic (exact) mass is 465 g/mol. The summed E-state index contributed by atoms with van der Waals surface area (Å²) in [6.45, 7) is 3.55. The van der Waals surface area contributed by atoms with Crippen LogP contribution in [0, 0.1) is 17.3 Å². The van der Waals surface area contributed by atoms with Crippen molar-refractivity contribution >= 4 is 16.7 Å². The number of nitrogens with zero attached hydrogens (tertiary/aromatic N) is 3. The largest absolute Gasteiger partial charge is 0.387 e. The number of hydrogen-bond donors (Lipinski definition) is 1. The van der Waals surface area contributed by atoms with Gasteiger partial charge in [-0.25, -0.2) is 0 Å². The highest BCUT2D eigenvalue weighted by atomic mass is 16.3. The molecule has 1 saturated heterocycles. The fourth-order valence-corrected chi connectivity index (χ4v) is 7.15. The van der Waals surface area contributed by atoms with E-state index in [-0.39, 0.29) is 29.3 Å². The number of rotatable bonds is 5. The molecule has 184 valence electrons. The normalized spacial score (nSPS) is 26.2. The molecule has 2 unspecified atom stereocenters. The molecule has 0 aromatic carbocycles. The summed E-state index contributed by atoms with van der Waals surface area (Å²) >= 11 is 0. The van der Waals surface area contributed by atoms with Crippen LogP contribution in [0.3, 0.4) is 0 Å². The van der Waals surface area contributed by atoms with Crippen molar-refractivity contribution in [2.45, 2.75) is 89.7 Å². The minimum absolute atomic E-state index is 0.0448. The Hall–Kier alpha value is -2.21. The molecule has 6 heteroatoms. The van der Waals surface area contributed by atoms with E-state index in [4.69, 9.17) is 0 Å². The van der Waals surface area contributed by atoms with E-state index >= 15 is 0 Å². The summed E-state index contributed by atoms with van der Waals surface area (Å²) in [4.78, 5) is 32.8. The van der Waals surface area contributed by atoms with E-state index in [0.29, 0.717) is 30.8 Å². The van der Waals surface area contributed by atoms with Gasteiger partial charge in [0.05, 0.1) is 17.5 Å². The number of likely N-dealkylation sites (tertiary alicyclic amines) is 1. The summed E-state index contributed by atoms with van der Waals surface area (Å²) in [5.74, 6) is 0.986. The predicted molar refractivity (Wildman–Crippen MR) is 133 cm³/mol. The topological polar surface area (TPSA) is 75.4 Å². The first kappa shape index (κ1) is 23.5. The van der Waals surface area contributed by atoms with Gasteiger partial charge in [-0.1, -0.05) is 51.9 Å². The summed E-state index contributed by atoms with van der Waals surface area (Å²) in [6.07, 6.45) is 17.0. The maximum absolute atomic E-state index is 13.5. The first-order valence-corrected chi connectivity index (χ1v) is 13.4. The molecule has 5 rings (SSSR count). The number of carbonyl (C=O) groups excluding carboxylic acids is 1. The van der Waals surface area contributed by atoms with Gasteiger partial charge in [0.25, 0.3) is 5.56 Å². The van der Waals surface area contributed by atoms with Crippen molar-refractivity contribution in [1.29, 1.82) is 0 Å². The molecular weight excluding hydrogens is 426 g/mol. The first-order valence-electron chi connectivity index (χ1n) is 13.4. The molecule has 2 aromatic rings. The molecule has 3 aliphatic rings. The minimum atomic E-state index is -0.993. The lowest BCUT2D eigenvalue weighted by molar-refractivity contribution is -0.163. The van der Waals surface area contributed by atoms with E-state index in [2.05, 4.69) is 11.9 Å². The molecule has 1 N–H and O–H groups in total. The molecule has 2 aromatic heterocycles. The van der Waals surface area contributed by atoms with Gasteiger partial charge in [0, 0.05) is 43.0 Å². The van der Waals surface area contributed by atoms with Gasteiger partial charge >= 0.3 is 0 Å². The number of aliphatic hydroxyl groups is 1. The number of amides is 1. The standard InChI is InChI=1S/C28H39N3O3/c1-21(17-22-7-3-2-4-8-22)25(32)31-16-13-28(34,27(19-31)11-5-6-12-27)20-30-15-10-23-9-14-29-18-24(23)26(30)33/h9-10,14-15,18,21-22,34H,2-8,11-13,16-17,19-20H2,1H3. The van der Waals surface area contributed by atoms with Crippen LogP contribution in [0.1, 0.15) is 77.6 Å². The smallest absolute Gasteiger partial charge is 0.260 e. The summed E-state index contributed by atoms with van der Waals surface area (Å²) < 4.78 is 1.66. The first-order chi connectivity index (χ1) is 16.4. The van der Waals surface area contributed by atoms with Crippen molar-refractivity contribution in [3.63, 3.8) is 0 Å². The summed E-state index contributed by atoms with van der Waals surface area (Å²) in [5.41, 5.74) is -1.44. The molecule has 1 amide bonds. The van der Waals surface area contributed by atoms with Gasteiger partial charge in [0.15, 0.2) is 0 Å². The van der Waals surface area contributed by atoms with E-state index in [1.54, 1.807) is 23.2 Å². The number of hydrogen-bond acceptors (Lipinski definition) is 4. The van der Waals surface area contributed by atoms with Gasteiger partial charge in [-0.05, 0) is 49.1 Å². The molecule has 6 nitrogen and oxygen atoms in total. The Morgan fingerprint density at radius 1 is 1.15 bits per heavy atom. The molecule has 0 bridgehead atoms. The lowest BCUT2D eigenvalue weighted by Crippen LogP contribution is -2.62. The van der Waals surface area contributed by atoms with Gasteiger partial charge in [-0.2, -0.15) is 0 Å². The maximum Gasteiger partial charge on any atom is 0.260 e. The Labute approximate surface area is 202 Å². The van der Waals surface area contributed by atoms with Crippen LogP contribution in [0.15, 0.2) is 35.5 Å². The van der Waals surface area contributed by atoms with E-state index in [1.807, 2.05) is 17.0 Å². The van der Waals surface area contributed by atoms with Crippen LogP contribution in [-0.4, -0.2) is 44.2 Å². The van der Waals surface area contributed by atoms with Crippen molar-refractivity contribution < 1.29 is 9.90 Å². The second-order valence-corrected chi connectivity index (χ2v) is 11.4. The number of aromatic nitrogens is 2. The van der Waals surface area contributed by atoms with Crippen LogP contribution in [-0.2, 0) is 11.3 Å². The quantitative estimate of drug-likeness (QED) is 0.704. The van der Waals surface area contributed by atoms with E-state index < -0.39 is 5.60 Å². The van der Waals surface area contributed by atoms with Crippen molar-refractivity contribution in [2.24, 2.45) is 17.3 Å². The second kappa shape index (κ2) is 9.44. The second-order valence-electron chi connectivity index (χ2n) is 11.4. The molecular formula is C28H39N3O3. The molecule has 1 aliphatic heterocycles. The highest BCUT2D eigenvalue weighted by molar-refractivity contribution is 5.80. The zero-order valence-electron chi connectivity index (χ0n) is 20.5. The van der Waals surface area contributed by atoms with Gasteiger partial charge < -0.3 is 14.6 Å². The Morgan fingerprint density at radius 2 is 1.91 bits per heavy atom. The van der Waals surface area contributed by atoms with Crippen molar-refractivity contribution in [3.05, 3.63) is 41.1 Å². The highest BCUT2D eigenvalue weighted by Gasteiger charge is 2.55. The van der Waals surface area contributed by atoms with E-state index in [0.717, 1.165) is 37.5 Å². The van der Waals surface area contributed by atoms with Gasteiger partial charge in [-0.3, -0.25) is 14.6 Å². The van der Waals surface area contributed by atoms with Crippen LogP contribution in [0.4, 0.5) is 0 Å². The summed E-state index contributed by atoms with van der Waals surface area (Å²) in [6, 6.07) is 3.77. The number of pyridine rings is 2. The number of carbonyl (C=O) groups is 1. The fourth-order valence-electron chi connectivity index (χ4n) is 7.15. The van der Waals surface area contributed by atoms with Gasteiger partial charge in [-0.15, -0.1) is 0 Å². The molecule has 2 atom stereocenters. The van der Waals surface area contributed by atoms with Crippen LogP contribution in [0.2, 0.25) is 0 Å². The lowest BCUT2D eigenvalue weighted by Gasteiger charge is -2.53. The maximum atomic E-state index is 13.5. The zero-order valence-corrected chi connectivity index (χ0v) is 20.5. The molecule has 2 saturated carbocycles. The Kier molecular flexibility index (Phi) is 6.54. The van der Waals surface area contributed by atoms with E-state index in [9.17, 15) is 14.7 Å². The molecule has 34 heavy (non-hydrogen) atoms. The summed E-state index contributed by atoms with van der Waals surface area (Å²) in [7, 11) is 0. The van der Waals surface area contributed by atoms with Crippen molar-refractivity contribution in [2.75, 3.05) is 13.1 Å². The SMILES string of the molecule is CC(CC1CCCCC1)C(=O)N1CCC(O)(Cn2ccc3ccncc3c2=O)C2(CCCC2)C1. The third kappa shape index (κ3) is 4.30. The average molecular weight is 466 g/mol. The third-order valence-corrected chi connectivity index (χ3v) is 9.19. The van der Waals surface area contributed by atoms with Crippen LogP contribution in [0.25, 0.3) is 10.8 Å². The molecule has 0 radical (unpaired) electrons. The van der Waals surface area contributed by atoms with Crippen LogP contribution >= 0.6 is 0 Å². The van der Waals surface area contributed by atoms with Crippen molar-refractivity contribution in [1.82, 2.24) is 14.5 Å². The molecule has 2 aliphatic carbocycles. The Bertz CT molecular complexity index is 1080. The van der Waals surface area contributed by atoms with Gasteiger partial charge in [0.2, 0.25) is 5.91 Å². The number of piperidine rings is 1. The van der Waals surface area contributed by atoms with E-state index in [1.165, 1.54) is 32.1 Å². The van der Waals surface area contributed by atoms with Crippen molar-refractivity contribution in [3.8, 4) is 0 Å². The predicted octanol–water partition coefficient (Wildman–Crippen LogP) is 4.53. The zero-order chi connectivity index (χ0) is 23.8. The molecule has 3 fully saturated rings. The minimum Gasteiger partial charge on any atom is -0.387 e. The van der Waals surface area contributed by atoms with Crippen LogP contribution < -0.4 is 5.56 Å².